The van der Waals surface area contributed by atoms with Crippen LogP contribution in [0.25, 0.3) is 0 Å². The second-order valence-electron chi connectivity index (χ2n) is 7.66. The predicted octanol–water partition coefficient (Wildman–Crippen LogP) is 7.23. The lowest BCUT2D eigenvalue weighted by atomic mass is 9.84. The smallest absolute Gasteiger partial charge is 0.259 e. The van der Waals surface area contributed by atoms with E-state index >= 15 is 0 Å². The number of allylic oxidation sites excluding steroid dienone is 6. The Kier molecular flexibility index (Phi) is 7.14. The van der Waals surface area contributed by atoms with Crippen LogP contribution in [0.3, 0.4) is 0 Å². The number of rotatable bonds is 7. The van der Waals surface area contributed by atoms with Gasteiger partial charge in [0.25, 0.3) is 6.43 Å². The summed E-state index contributed by atoms with van der Waals surface area (Å²) in [6, 6.07) is 7.51. The molecule has 1 unspecified atom stereocenters. The van der Waals surface area contributed by atoms with Crippen LogP contribution in [-0.2, 0) is 6.42 Å². The van der Waals surface area contributed by atoms with Crippen molar-refractivity contribution in [2.75, 3.05) is 0 Å². The first-order valence-electron chi connectivity index (χ1n) is 9.64. The fourth-order valence-corrected chi connectivity index (χ4v) is 3.62. The third kappa shape index (κ3) is 5.82. The van der Waals surface area contributed by atoms with Crippen molar-refractivity contribution in [3.8, 4) is 0 Å². The zero-order valence-corrected chi connectivity index (χ0v) is 17.2. The Bertz CT molecular complexity index is 932. The highest BCUT2D eigenvalue weighted by Gasteiger charge is 2.35. The molecule has 1 aliphatic carbocycles. The molecule has 0 bridgehead atoms. The number of hydrogen-bond acceptors (Lipinski definition) is 1. The first-order chi connectivity index (χ1) is 14.2. The molecule has 0 radical (unpaired) electrons. The number of alkyl halides is 3. The summed E-state index contributed by atoms with van der Waals surface area (Å²) < 4.78 is 54.6. The van der Waals surface area contributed by atoms with E-state index in [9.17, 15) is 17.6 Å². The van der Waals surface area contributed by atoms with Gasteiger partial charge in [0.15, 0.2) is 5.67 Å². The zero-order valence-electron chi connectivity index (χ0n) is 16.4. The molecule has 0 fully saturated rings. The minimum absolute atomic E-state index is 0.0571. The molecule has 0 N–H and O–H groups in total. The largest absolute Gasteiger partial charge is 0.272 e. The fourth-order valence-electron chi connectivity index (χ4n) is 3.51. The molecule has 0 saturated carbocycles. The summed E-state index contributed by atoms with van der Waals surface area (Å²) in [4.78, 5) is 4.39. The minimum Gasteiger partial charge on any atom is -0.259 e. The maximum Gasteiger partial charge on any atom is 0.272 e. The third-order valence-corrected chi connectivity index (χ3v) is 5.28. The molecule has 1 nitrogen and oxygen atoms in total. The third-order valence-electron chi connectivity index (χ3n) is 5.05. The second-order valence-corrected chi connectivity index (χ2v) is 8.09. The minimum atomic E-state index is -3.16. The highest BCUT2D eigenvalue weighted by molar-refractivity contribution is 6.30. The predicted molar refractivity (Wildman–Crippen MR) is 112 cm³/mol. The second kappa shape index (κ2) is 9.61. The highest BCUT2D eigenvalue weighted by Crippen LogP contribution is 2.34. The molecule has 2 atom stereocenters. The average molecular weight is 436 g/mol. The van der Waals surface area contributed by atoms with Crippen LogP contribution in [0.1, 0.15) is 36.1 Å². The quantitative estimate of drug-likeness (QED) is 0.418. The van der Waals surface area contributed by atoms with E-state index in [0.29, 0.717) is 22.7 Å². The lowest BCUT2D eigenvalue weighted by Gasteiger charge is -2.23. The molecule has 1 heterocycles. The number of hydrogen-bond donors (Lipinski definition) is 0. The Morgan fingerprint density at radius 1 is 1.07 bits per heavy atom. The van der Waals surface area contributed by atoms with Crippen LogP contribution in [0.4, 0.5) is 17.6 Å². The maximum atomic E-state index is 14.4. The molecule has 6 heteroatoms. The summed E-state index contributed by atoms with van der Waals surface area (Å²) in [6.45, 7) is 0.828. The van der Waals surface area contributed by atoms with Gasteiger partial charge in [0.05, 0.1) is 5.02 Å². The molecule has 158 valence electrons. The highest BCUT2D eigenvalue weighted by atomic mass is 35.5. The molecule has 1 aliphatic rings. The van der Waals surface area contributed by atoms with E-state index in [1.807, 2.05) is 36.5 Å². The Morgan fingerprint density at radius 2 is 1.77 bits per heavy atom. The van der Waals surface area contributed by atoms with E-state index < -0.39 is 24.3 Å². The normalized spacial score (nSPS) is 17.2. The van der Waals surface area contributed by atoms with Crippen LogP contribution in [0, 0.1) is 11.7 Å². The van der Waals surface area contributed by atoms with Gasteiger partial charge in [-0.25, -0.2) is 17.6 Å². The van der Waals surface area contributed by atoms with Gasteiger partial charge >= 0.3 is 0 Å². The van der Waals surface area contributed by atoms with E-state index in [0.717, 1.165) is 13.0 Å². The first-order valence-corrected chi connectivity index (χ1v) is 10.0. The van der Waals surface area contributed by atoms with Crippen LogP contribution in [-0.4, -0.2) is 17.1 Å². The van der Waals surface area contributed by atoms with E-state index in [-0.39, 0.29) is 17.4 Å². The van der Waals surface area contributed by atoms with Crippen LogP contribution < -0.4 is 0 Å². The van der Waals surface area contributed by atoms with Crippen molar-refractivity contribution in [3.63, 3.8) is 0 Å². The van der Waals surface area contributed by atoms with Gasteiger partial charge in [0.2, 0.25) is 0 Å². The van der Waals surface area contributed by atoms with Crippen LogP contribution in [0.2, 0.25) is 5.02 Å². The van der Waals surface area contributed by atoms with Gasteiger partial charge in [-0.2, -0.15) is 0 Å². The first kappa shape index (κ1) is 22.3. The molecule has 3 rings (SSSR count). The summed E-state index contributed by atoms with van der Waals surface area (Å²) in [5.41, 5.74) is -1.32. The summed E-state index contributed by atoms with van der Waals surface area (Å²) in [5, 5.41) is 0.473. The molecular formula is C24H22ClF4N. The maximum absolute atomic E-state index is 14.4. The van der Waals surface area contributed by atoms with E-state index in [2.05, 4.69) is 4.98 Å². The lowest BCUT2D eigenvalue weighted by molar-refractivity contribution is -0.0216. The number of benzene rings is 1. The van der Waals surface area contributed by atoms with Gasteiger partial charge in [0.1, 0.15) is 5.82 Å². The molecule has 0 spiro atoms. The Hall–Kier alpha value is -2.40. The van der Waals surface area contributed by atoms with Gasteiger partial charge in [-0.05, 0) is 54.7 Å². The molecule has 1 aromatic carbocycles. The number of halogens is 5. The summed E-state index contributed by atoms with van der Waals surface area (Å²) in [6.07, 6.45) is 10.1. The molecule has 1 aromatic heterocycles. The molecule has 2 aromatic rings. The Morgan fingerprint density at radius 3 is 2.37 bits per heavy atom. The standard InChI is InChI=1S/C24H22ClF4N/c1-24(29,23(27)28)14-17-10-18(13-20(26)11-17)21(22-9-8-19(25)15-30-22)12-16-6-4-2-3-5-7-16/h2-11,13,15-16,21,23H,12,14H2,1H3/t21-,24?/m1/s1. The van der Waals surface area contributed by atoms with Gasteiger partial charge in [-0.3, -0.25) is 4.98 Å². The average Bonchev–Trinajstić information content (AvgIpc) is 2.94. The van der Waals surface area contributed by atoms with Crippen LogP contribution >= 0.6 is 11.6 Å². The van der Waals surface area contributed by atoms with Crippen molar-refractivity contribution in [1.82, 2.24) is 4.98 Å². The molecule has 0 aliphatic heterocycles. The van der Waals surface area contributed by atoms with Crippen LogP contribution in [0.15, 0.2) is 73.0 Å². The molecular weight excluding hydrogens is 414 g/mol. The molecule has 0 amide bonds. The van der Waals surface area contributed by atoms with Gasteiger partial charge in [0, 0.05) is 24.2 Å². The van der Waals surface area contributed by atoms with Gasteiger partial charge in [-0.1, -0.05) is 54.1 Å². The Balaban J connectivity index is 1.99. The lowest BCUT2D eigenvalue weighted by Crippen LogP contribution is -2.30. The van der Waals surface area contributed by atoms with E-state index in [4.69, 9.17) is 11.6 Å². The van der Waals surface area contributed by atoms with Crippen molar-refractivity contribution in [1.29, 1.82) is 0 Å². The van der Waals surface area contributed by atoms with Crippen molar-refractivity contribution < 1.29 is 17.6 Å². The van der Waals surface area contributed by atoms with E-state index in [1.54, 1.807) is 18.2 Å². The van der Waals surface area contributed by atoms with Crippen molar-refractivity contribution in [2.45, 2.75) is 37.8 Å². The monoisotopic (exact) mass is 435 g/mol. The van der Waals surface area contributed by atoms with Crippen molar-refractivity contribution in [2.24, 2.45) is 5.92 Å². The number of pyridine rings is 1. The van der Waals surface area contributed by atoms with Crippen molar-refractivity contribution in [3.05, 3.63) is 101 Å². The zero-order chi connectivity index (χ0) is 21.7. The van der Waals surface area contributed by atoms with Gasteiger partial charge < -0.3 is 0 Å². The number of aromatic nitrogens is 1. The molecule has 0 saturated heterocycles. The fraction of sp³-hybridized carbons (Fsp3) is 0.292. The summed E-state index contributed by atoms with van der Waals surface area (Å²) in [5.74, 6) is -0.867. The Labute approximate surface area is 178 Å². The summed E-state index contributed by atoms with van der Waals surface area (Å²) >= 11 is 5.96. The number of nitrogens with zero attached hydrogens (tertiary/aromatic N) is 1. The summed E-state index contributed by atoms with van der Waals surface area (Å²) in [7, 11) is 0. The van der Waals surface area contributed by atoms with Crippen molar-refractivity contribution >= 4 is 11.6 Å². The molecule has 30 heavy (non-hydrogen) atoms. The topological polar surface area (TPSA) is 12.9 Å². The van der Waals surface area contributed by atoms with Gasteiger partial charge in [-0.15, -0.1) is 0 Å². The SMILES string of the molecule is CC(F)(Cc1cc(F)cc([C@@H](CC2C=CC=CC=C2)c2ccc(Cl)cn2)c1)C(F)F. The van der Waals surface area contributed by atoms with E-state index in [1.165, 1.54) is 12.3 Å². The van der Waals surface area contributed by atoms with Crippen LogP contribution in [0.5, 0.6) is 0 Å².